The number of hydrogen-bond acceptors (Lipinski definition) is 5. The molecule has 0 bridgehead atoms. The van der Waals surface area contributed by atoms with E-state index in [1.807, 2.05) is 6.08 Å². The average Bonchev–Trinajstić information content (AvgIpc) is 3.09. The van der Waals surface area contributed by atoms with Crippen molar-refractivity contribution in [2.75, 3.05) is 27.3 Å². The topological polar surface area (TPSA) is 51.1 Å². The van der Waals surface area contributed by atoms with Gasteiger partial charge in [-0.15, -0.1) is 0 Å². The van der Waals surface area contributed by atoms with E-state index in [0.717, 1.165) is 38.0 Å². The van der Waals surface area contributed by atoms with Gasteiger partial charge in [-0.2, -0.15) is 4.99 Å². The molecule has 0 amide bonds. The Labute approximate surface area is 161 Å². The van der Waals surface area contributed by atoms with Crippen LogP contribution in [0.4, 0.5) is 0 Å². The minimum Gasteiger partial charge on any atom is -0.504 e. The zero-order valence-electron chi connectivity index (χ0n) is 16.3. The summed E-state index contributed by atoms with van der Waals surface area (Å²) >= 11 is 0. The van der Waals surface area contributed by atoms with Crippen LogP contribution < -0.4 is 0 Å². The molecule has 0 aromatic carbocycles. The number of carbonyl (C=O) groups is 1. The second-order valence-corrected chi connectivity index (χ2v) is 7.56. The van der Waals surface area contributed by atoms with Gasteiger partial charge in [0.15, 0.2) is 5.70 Å². The Kier molecular flexibility index (Phi) is 4.96. The molecule has 0 radical (unpaired) electrons. The van der Waals surface area contributed by atoms with Crippen molar-refractivity contribution in [3.05, 3.63) is 53.3 Å². The van der Waals surface area contributed by atoms with Crippen LogP contribution >= 0.6 is 0 Å². The Morgan fingerprint density at radius 3 is 3.04 bits per heavy atom. The highest BCUT2D eigenvalue weighted by Crippen LogP contribution is 2.43. The normalized spacial score (nSPS) is 29.9. The Morgan fingerprint density at radius 2 is 2.30 bits per heavy atom. The number of rotatable bonds is 4. The molecule has 2 fully saturated rings. The van der Waals surface area contributed by atoms with Crippen LogP contribution in [0.3, 0.4) is 0 Å². The summed E-state index contributed by atoms with van der Waals surface area (Å²) in [5.74, 6) is 0.243. The molecule has 142 valence electrons. The quantitative estimate of drug-likeness (QED) is 0.331. The number of fused-ring (bicyclic) bond motifs is 4. The maximum absolute atomic E-state index is 12.4. The van der Waals surface area contributed by atoms with Gasteiger partial charge in [-0.25, -0.2) is 4.79 Å². The summed E-state index contributed by atoms with van der Waals surface area (Å²) in [5, 5.41) is 0. The third-order valence-corrected chi connectivity index (χ3v) is 6.29. The fourth-order valence-electron chi connectivity index (χ4n) is 4.95. The molecule has 3 atom stereocenters. The number of hydrogen-bond donors (Lipinski definition) is 0. The number of esters is 1. The number of piperidine rings is 2. The van der Waals surface area contributed by atoms with Crippen molar-refractivity contribution >= 4 is 11.7 Å². The van der Waals surface area contributed by atoms with Crippen molar-refractivity contribution in [3.63, 3.8) is 0 Å². The summed E-state index contributed by atoms with van der Waals surface area (Å²) in [6.07, 6.45) is 12.9. The number of methoxy groups -OCH3 is 2. The van der Waals surface area contributed by atoms with Crippen LogP contribution in [0.15, 0.2) is 51.9 Å². The molecule has 0 N–H and O–H groups in total. The number of nitrogens with zero attached hydrogens (tertiary/aromatic N) is 2. The summed E-state index contributed by atoms with van der Waals surface area (Å²) in [6.45, 7) is 4.23. The standard InChI is InChI=1S/C22H27N2O3/c1-4-14-12-24-10-9-16-15-7-5-6-8-19(15)23-21(16)20(24)11-17(14)18(13-26-2)22(25)27-3/h5-8,13-14,17,20H,4,9-12H2,1-3H3/q+1/b18-13+/t14-,17-,20+/m0/s1. The van der Waals surface area contributed by atoms with Crippen molar-refractivity contribution in [1.82, 2.24) is 4.90 Å². The first-order valence-corrected chi connectivity index (χ1v) is 9.77. The summed E-state index contributed by atoms with van der Waals surface area (Å²) < 4.78 is 10.3. The van der Waals surface area contributed by atoms with Crippen LogP contribution in [0.1, 0.15) is 26.2 Å². The molecule has 2 saturated heterocycles. The largest absolute Gasteiger partial charge is 0.504 e. The van der Waals surface area contributed by atoms with Crippen LogP contribution in [-0.2, 0) is 14.3 Å². The average molecular weight is 367 g/mol. The maximum Gasteiger partial charge on any atom is 0.337 e. The lowest BCUT2D eigenvalue weighted by molar-refractivity contribution is -0.137. The number of ether oxygens (including phenoxy) is 2. The maximum atomic E-state index is 12.4. The van der Waals surface area contributed by atoms with Gasteiger partial charge in [0.1, 0.15) is 11.3 Å². The zero-order valence-corrected chi connectivity index (χ0v) is 16.3. The Morgan fingerprint density at radius 1 is 1.44 bits per heavy atom. The van der Waals surface area contributed by atoms with Crippen molar-refractivity contribution in [3.8, 4) is 0 Å². The van der Waals surface area contributed by atoms with Gasteiger partial charge in [0.05, 0.1) is 37.7 Å². The van der Waals surface area contributed by atoms with Crippen LogP contribution in [0.5, 0.6) is 0 Å². The molecule has 4 aliphatic rings. The Balaban J connectivity index is 1.67. The fourth-order valence-corrected chi connectivity index (χ4v) is 4.95. The van der Waals surface area contributed by atoms with Gasteiger partial charge in [-0.1, -0.05) is 13.3 Å². The molecule has 3 heterocycles. The second kappa shape index (κ2) is 7.39. The highest BCUT2D eigenvalue weighted by Gasteiger charge is 2.47. The minimum absolute atomic E-state index is 0.120. The van der Waals surface area contributed by atoms with E-state index in [1.54, 1.807) is 13.4 Å². The lowest BCUT2D eigenvalue weighted by Gasteiger charge is -2.46. The second-order valence-electron chi connectivity index (χ2n) is 7.56. The van der Waals surface area contributed by atoms with Crippen LogP contribution in [0.2, 0.25) is 0 Å². The third kappa shape index (κ3) is 3.04. The molecular formula is C22H27N2O3+. The van der Waals surface area contributed by atoms with Crippen molar-refractivity contribution in [2.45, 2.75) is 32.2 Å². The SMILES string of the molecule is CC[C@H]1CN2CCC3=C4[CH+]C=CC=C4N=C3[C@H]2C[C@@H]1/C(=C\OC)C(=O)OC. The summed E-state index contributed by atoms with van der Waals surface area (Å²) in [4.78, 5) is 20.0. The zero-order chi connectivity index (χ0) is 19.0. The van der Waals surface area contributed by atoms with E-state index in [2.05, 4.69) is 30.4 Å². The molecule has 0 spiro atoms. The minimum atomic E-state index is -0.287. The first-order chi connectivity index (χ1) is 13.2. The van der Waals surface area contributed by atoms with Gasteiger partial charge in [-0.3, -0.25) is 4.90 Å². The predicted octanol–water partition coefficient (Wildman–Crippen LogP) is 3.22. The molecule has 5 nitrogen and oxygen atoms in total. The Hall–Kier alpha value is -2.27. The molecule has 0 unspecified atom stereocenters. The molecule has 5 heteroatoms. The number of carbonyl (C=O) groups excluding carboxylic acids is 1. The van der Waals surface area contributed by atoms with Crippen molar-refractivity contribution in [2.24, 2.45) is 16.8 Å². The van der Waals surface area contributed by atoms with Crippen LogP contribution in [0, 0.1) is 18.3 Å². The molecule has 0 saturated carbocycles. The monoisotopic (exact) mass is 367 g/mol. The molecule has 1 aliphatic carbocycles. The number of aliphatic imine (C=N–C) groups is 1. The molecule has 27 heavy (non-hydrogen) atoms. The molecule has 0 aromatic heterocycles. The first kappa shape index (κ1) is 18.1. The van der Waals surface area contributed by atoms with Gasteiger partial charge >= 0.3 is 5.97 Å². The smallest absolute Gasteiger partial charge is 0.337 e. The molecular weight excluding hydrogens is 340 g/mol. The number of allylic oxidation sites excluding steroid dienone is 4. The highest BCUT2D eigenvalue weighted by atomic mass is 16.5. The summed E-state index contributed by atoms with van der Waals surface area (Å²) in [5.41, 5.74) is 5.59. The van der Waals surface area contributed by atoms with E-state index in [1.165, 1.54) is 24.0 Å². The van der Waals surface area contributed by atoms with Gasteiger partial charge in [0, 0.05) is 50.1 Å². The van der Waals surface area contributed by atoms with E-state index in [0.29, 0.717) is 11.5 Å². The van der Waals surface area contributed by atoms with Crippen LogP contribution in [-0.4, -0.2) is 49.9 Å². The molecule has 3 aliphatic heterocycles. The van der Waals surface area contributed by atoms with Gasteiger partial charge in [0.25, 0.3) is 0 Å². The first-order valence-electron chi connectivity index (χ1n) is 9.77. The van der Waals surface area contributed by atoms with Gasteiger partial charge in [0.2, 0.25) is 0 Å². The highest BCUT2D eigenvalue weighted by molar-refractivity contribution is 6.09. The van der Waals surface area contributed by atoms with E-state index < -0.39 is 0 Å². The molecule has 0 aromatic rings. The predicted molar refractivity (Wildman–Crippen MR) is 105 cm³/mol. The van der Waals surface area contributed by atoms with Crippen molar-refractivity contribution < 1.29 is 14.3 Å². The van der Waals surface area contributed by atoms with Crippen molar-refractivity contribution in [1.29, 1.82) is 0 Å². The van der Waals surface area contributed by atoms with Crippen LogP contribution in [0.25, 0.3) is 0 Å². The van der Waals surface area contributed by atoms with E-state index in [9.17, 15) is 4.79 Å². The Bertz CT molecular complexity index is 787. The summed E-state index contributed by atoms with van der Waals surface area (Å²) in [7, 11) is 3.02. The van der Waals surface area contributed by atoms with Gasteiger partial charge in [-0.05, 0) is 12.3 Å². The molecule has 4 rings (SSSR count). The fraction of sp³-hybridized carbons (Fsp3) is 0.500. The van der Waals surface area contributed by atoms with Gasteiger partial charge < -0.3 is 9.47 Å². The van der Waals surface area contributed by atoms with E-state index in [-0.39, 0.29) is 17.9 Å². The lowest BCUT2D eigenvalue weighted by atomic mass is 9.73. The lowest BCUT2D eigenvalue weighted by Crippen LogP contribution is -2.54. The summed E-state index contributed by atoms with van der Waals surface area (Å²) in [6, 6.07) is 0.249. The van der Waals surface area contributed by atoms with E-state index in [4.69, 9.17) is 14.5 Å². The third-order valence-electron chi connectivity index (χ3n) is 6.29. The van der Waals surface area contributed by atoms with E-state index >= 15 is 0 Å².